The van der Waals surface area contributed by atoms with E-state index in [2.05, 4.69) is 0 Å². The molecular weight excluding hydrogens is 250 g/mol. The second-order valence-corrected chi connectivity index (χ2v) is 4.29. The second kappa shape index (κ2) is 9.16. The van der Waals surface area contributed by atoms with E-state index in [9.17, 15) is 9.59 Å². The molecule has 108 valence electrons. The summed E-state index contributed by atoms with van der Waals surface area (Å²) in [6.45, 7) is 2.73. The van der Waals surface area contributed by atoms with Crippen LogP contribution in [0.1, 0.15) is 13.3 Å². The van der Waals surface area contributed by atoms with Gasteiger partial charge in [0.05, 0.1) is 25.0 Å². The fourth-order valence-corrected chi connectivity index (χ4v) is 1.50. The van der Waals surface area contributed by atoms with Crippen molar-refractivity contribution in [2.75, 3.05) is 40.4 Å². The van der Waals surface area contributed by atoms with E-state index in [1.165, 1.54) is 16.9 Å². The number of hydrogen-bond acceptors (Lipinski definition) is 4. The Morgan fingerprint density at radius 1 is 1.42 bits per heavy atom. The van der Waals surface area contributed by atoms with Crippen molar-refractivity contribution in [2.45, 2.75) is 13.3 Å². The lowest BCUT2D eigenvalue weighted by molar-refractivity contribution is -0.141. The molecular formula is C12H21N3O4. The molecule has 0 aromatic rings. The summed E-state index contributed by atoms with van der Waals surface area (Å²) in [7, 11) is 3.08. The number of carboxylic acids is 1. The SMILES string of the molecule is COCCN(CCC#N)C(=O)N(C)CC(C)C(=O)O. The standard InChI is InChI=1S/C12H21N3O4/c1-10(11(16)17)9-14(2)12(18)15(6-4-5-13)7-8-19-3/h10H,4,6-9H2,1-3H3,(H,16,17). The number of nitrogens with zero attached hydrogens (tertiary/aromatic N) is 3. The number of rotatable bonds is 8. The third kappa shape index (κ3) is 6.62. The highest BCUT2D eigenvalue weighted by Gasteiger charge is 2.21. The van der Waals surface area contributed by atoms with Crippen LogP contribution in [-0.2, 0) is 9.53 Å². The van der Waals surface area contributed by atoms with Gasteiger partial charge in [-0.05, 0) is 0 Å². The van der Waals surface area contributed by atoms with Crippen LogP contribution in [0.4, 0.5) is 4.79 Å². The highest BCUT2D eigenvalue weighted by atomic mass is 16.5. The van der Waals surface area contributed by atoms with Gasteiger partial charge in [0.2, 0.25) is 0 Å². The van der Waals surface area contributed by atoms with Crippen LogP contribution in [0.5, 0.6) is 0 Å². The minimum absolute atomic E-state index is 0.129. The summed E-state index contributed by atoms with van der Waals surface area (Å²) in [6, 6.07) is 1.69. The molecule has 0 fully saturated rings. The first-order valence-corrected chi connectivity index (χ1v) is 6.02. The van der Waals surface area contributed by atoms with E-state index in [-0.39, 0.29) is 19.0 Å². The van der Waals surface area contributed by atoms with Gasteiger partial charge in [-0.3, -0.25) is 4.79 Å². The van der Waals surface area contributed by atoms with Crippen molar-refractivity contribution < 1.29 is 19.4 Å². The molecule has 0 aliphatic carbocycles. The fraction of sp³-hybridized carbons (Fsp3) is 0.750. The zero-order valence-corrected chi connectivity index (χ0v) is 11.6. The van der Waals surface area contributed by atoms with Gasteiger partial charge in [0, 0.05) is 33.8 Å². The molecule has 19 heavy (non-hydrogen) atoms. The first-order valence-electron chi connectivity index (χ1n) is 6.02. The molecule has 1 unspecified atom stereocenters. The Balaban J connectivity index is 4.50. The number of nitriles is 1. The van der Waals surface area contributed by atoms with Gasteiger partial charge in [0.1, 0.15) is 0 Å². The van der Waals surface area contributed by atoms with Crippen LogP contribution in [0.15, 0.2) is 0 Å². The second-order valence-electron chi connectivity index (χ2n) is 4.29. The Labute approximate surface area is 113 Å². The summed E-state index contributed by atoms with van der Waals surface area (Å²) in [4.78, 5) is 25.7. The Morgan fingerprint density at radius 3 is 2.53 bits per heavy atom. The zero-order valence-electron chi connectivity index (χ0n) is 11.6. The van der Waals surface area contributed by atoms with E-state index in [1.807, 2.05) is 6.07 Å². The number of carboxylic acid groups (broad SMARTS) is 1. The van der Waals surface area contributed by atoms with E-state index in [1.54, 1.807) is 14.0 Å². The fourth-order valence-electron chi connectivity index (χ4n) is 1.50. The van der Waals surface area contributed by atoms with Gasteiger partial charge in [-0.25, -0.2) is 4.79 Å². The summed E-state index contributed by atoms with van der Waals surface area (Å²) >= 11 is 0. The van der Waals surface area contributed by atoms with Crippen molar-refractivity contribution >= 4 is 12.0 Å². The van der Waals surface area contributed by atoms with Crippen molar-refractivity contribution in [2.24, 2.45) is 5.92 Å². The first-order chi connectivity index (χ1) is 8.93. The number of carbonyl (C=O) groups is 2. The molecule has 7 heteroatoms. The summed E-state index contributed by atoms with van der Waals surface area (Å²) in [5.74, 6) is -1.57. The highest BCUT2D eigenvalue weighted by molar-refractivity contribution is 5.75. The Hall–Kier alpha value is -1.81. The average Bonchev–Trinajstić information content (AvgIpc) is 2.37. The maximum Gasteiger partial charge on any atom is 0.319 e. The van der Waals surface area contributed by atoms with Crippen LogP contribution in [0.3, 0.4) is 0 Å². The zero-order chi connectivity index (χ0) is 14.8. The lowest BCUT2D eigenvalue weighted by Gasteiger charge is -2.28. The number of amides is 2. The third-order valence-corrected chi connectivity index (χ3v) is 2.63. The van der Waals surface area contributed by atoms with Crippen LogP contribution in [-0.4, -0.2) is 67.3 Å². The molecule has 0 saturated heterocycles. The summed E-state index contributed by atoms with van der Waals surface area (Å²) in [5.41, 5.74) is 0. The molecule has 7 nitrogen and oxygen atoms in total. The Morgan fingerprint density at radius 2 is 2.05 bits per heavy atom. The smallest absolute Gasteiger partial charge is 0.319 e. The van der Waals surface area contributed by atoms with Gasteiger partial charge in [-0.15, -0.1) is 0 Å². The van der Waals surface area contributed by atoms with Gasteiger partial charge in [0.15, 0.2) is 0 Å². The Kier molecular flexibility index (Phi) is 8.29. The van der Waals surface area contributed by atoms with Gasteiger partial charge in [-0.2, -0.15) is 5.26 Å². The maximum atomic E-state index is 12.1. The molecule has 0 spiro atoms. The molecule has 1 atom stereocenters. The third-order valence-electron chi connectivity index (χ3n) is 2.63. The lowest BCUT2D eigenvalue weighted by Crippen LogP contribution is -2.45. The molecule has 0 rings (SSSR count). The summed E-state index contributed by atoms with van der Waals surface area (Å²) < 4.78 is 4.91. The Bertz CT molecular complexity index is 340. The number of urea groups is 1. The van der Waals surface area contributed by atoms with Crippen molar-refractivity contribution in [1.82, 2.24) is 9.80 Å². The van der Waals surface area contributed by atoms with Gasteiger partial charge in [-0.1, -0.05) is 6.92 Å². The molecule has 0 aliphatic heterocycles. The van der Waals surface area contributed by atoms with Crippen LogP contribution < -0.4 is 0 Å². The molecule has 0 aromatic carbocycles. The highest BCUT2D eigenvalue weighted by Crippen LogP contribution is 2.03. The van der Waals surface area contributed by atoms with Gasteiger partial charge < -0.3 is 19.6 Å². The largest absolute Gasteiger partial charge is 0.481 e. The summed E-state index contributed by atoms with van der Waals surface area (Å²) in [5, 5.41) is 17.4. The molecule has 0 bridgehead atoms. The number of hydrogen-bond donors (Lipinski definition) is 1. The summed E-state index contributed by atoms with van der Waals surface area (Å²) in [6.07, 6.45) is 0.234. The minimum Gasteiger partial charge on any atom is -0.481 e. The van der Waals surface area contributed by atoms with E-state index >= 15 is 0 Å². The topological polar surface area (TPSA) is 93.9 Å². The van der Waals surface area contributed by atoms with Gasteiger partial charge in [0.25, 0.3) is 0 Å². The molecule has 0 aliphatic rings. The first kappa shape index (κ1) is 17.2. The maximum absolute atomic E-state index is 12.1. The molecule has 0 heterocycles. The van der Waals surface area contributed by atoms with Crippen LogP contribution in [0, 0.1) is 17.2 Å². The monoisotopic (exact) mass is 271 g/mol. The van der Waals surface area contributed by atoms with Crippen molar-refractivity contribution in [3.8, 4) is 6.07 Å². The van der Waals surface area contributed by atoms with E-state index in [4.69, 9.17) is 15.1 Å². The minimum atomic E-state index is -0.944. The molecule has 2 amide bonds. The van der Waals surface area contributed by atoms with E-state index in [0.29, 0.717) is 19.7 Å². The number of methoxy groups -OCH3 is 1. The van der Waals surface area contributed by atoms with Crippen molar-refractivity contribution in [3.05, 3.63) is 0 Å². The van der Waals surface area contributed by atoms with E-state index in [0.717, 1.165) is 0 Å². The quantitative estimate of drug-likeness (QED) is 0.698. The molecule has 1 N–H and O–H groups in total. The van der Waals surface area contributed by atoms with Crippen LogP contribution in [0.2, 0.25) is 0 Å². The average molecular weight is 271 g/mol. The van der Waals surface area contributed by atoms with Crippen LogP contribution >= 0.6 is 0 Å². The van der Waals surface area contributed by atoms with E-state index < -0.39 is 11.9 Å². The predicted octanol–water partition coefficient (Wildman–Crippen LogP) is 0.621. The van der Waals surface area contributed by atoms with Crippen molar-refractivity contribution in [3.63, 3.8) is 0 Å². The number of ether oxygens (including phenoxy) is 1. The van der Waals surface area contributed by atoms with Gasteiger partial charge >= 0.3 is 12.0 Å². The molecule has 0 aromatic heterocycles. The number of carbonyl (C=O) groups excluding carboxylic acids is 1. The number of aliphatic carboxylic acids is 1. The molecule has 0 saturated carbocycles. The van der Waals surface area contributed by atoms with Crippen LogP contribution in [0.25, 0.3) is 0 Å². The predicted molar refractivity (Wildman–Crippen MR) is 68.5 cm³/mol. The van der Waals surface area contributed by atoms with Crippen molar-refractivity contribution in [1.29, 1.82) is 5.26 Å². The molecule has 0 radical (unpaired) electrons. The normalized spacial score (nSPS) is 11.5. The lowest BCUT2D eigenvalue weighted by atomic mass is 10.2.